The van der Waals surface area contributed by atoms with E-state index in [1.807, 2.05) is 0 Å². The van der Waals surface area contributed by atoms with Crippen LogP contribution < -0.4 is 0 Å². The van der Waals surface area contributed by atoms with Gasteiger partial charge in [0, 0.05) is 25.8 Å². The molecule has 1 N–H and O–H groups in total. The highest BCUT2D eigenvalue weighted by Crippen LogP contribution is 2.28. The third-order valence-corrected chi connectivity index (χ3v) is 3.32. The largest absolute Gasteiger partial charge is 0.478 e. The van der Waals surface area contributed by atoms with E-state index in [-0.39, 0.29) is 11.5 Å². The van der Waals surface area contributed by atoms with Crippen LogP contribution in [0, 0.1) is 5.92 Å². The highest BCUT2D eigenvalue weighted by Gasteiger charge is 2.21. The Morgan fingerprint density at radius 3 is 2.70 bits per heavy atom. The average Bonchev–Trinajstić information content (AvgIpc) is 3.26. The molecule has 0 aromatic heterocycles. The van der Waals surface area contributed by atoms with E-state index in [2.05, 4.69) is 0 Å². The Labute approximate surface area is 118 Å². The van der Waals surface area contributed by atoms with Crippen LogP contribution in [0.1, 0.15) is 33.6 Å². The van der Waals surface area contributed by atoms with Crippen LogP contribution in [-0.4, -0.2) is 48.7 Å². The van der Waals surface area contributed by atoms with Crippen LogP contribution in [-0.2, 0) is 4.74 Å². The molecule has 5 nitrogen and oxygen atoms in total. The Morgan fingerprint density at radius 1 is 1.35 bits per heavy atom. The maximum absolute atomic E-state index is 12.1. The third-order valence-electron chi connectivity index (χ3n) is 3.32. The number of carboxylic acid groups (broad SMARTS) is 1. The summed E-state index contributed by atoms with van der Waals surface area (Å²) in [5, 5.41) is 8.92. The zero-order valence-electron chi connectivity index (χ0n) is 11.5. The fraction of sp³-hybridized carbons (Fsp3) is 0.467. The van der Waals surface area contributed by atoms with Crippen molar-refractivity contribution >= 4 is 11.9 Å². The first kappa shape index (κ1) is 14.5. The summed E-state index contributed by atoms with van der Waals surface area (Å²) in [6, 6.07) is 6.06. The molecule has 1 aromatic rings. The highest BCUT2D eigenvalue weighted by atomic mass is 16.5. The van der Waals surface area contributed by atoms with Crippen molar-refractivity contribution in [2.24, 2.45) is 5.92 Å². The smallest absolute Gasteiger partial charge is 0.335 e. The van der Waals surface area contributed by atoms with Gasteiger partial charge in [0.15, 0.2) is 0 Å². The molecule has 0 spiro atoms. The molecular formula is C15H19NO4. The summed E-state index contributed by atoms with van der Waals surface area (Å²) < 4.78 is 5.49. The minimum Gasteiger partial charge on any atom is -0.478 e. The SMILES string of the molecule is CN(CCOCC1CC1)C(=O)c1cccc(C(=O)O)c1. The molecule has 2 rings (SSSR count). The number of aromatic carboxylic acids is 1. The van der Waals surface area contributed by atoms with Gasteiger partial charge in [0.2, 0.25) is 0 Å². The molecule has 0 radical (unpaired) electrons. The number of hydrogen-bond acceptors (Lipinski definition) is 3. The summed E-state index contributed by atoms with van der Waals surface area (Å²) in [4.78, 5) is 24.6. The monoisotopic (exact) mass is 277 g/mol. The molecule has 1 aromatic carbocycles. The zero-order valence-corrected chi connectivity index (χ0v) is 11.5. The third kappa shape index (κ3) is 4.06. The molecule has 20 heavy (non-hydrogen) atoms. The van der Waals surface area contributed by atoms with Crippen molar-refractivity contribution in [1.82, 2.24) is 4.90 Å². The summed E-state index contributed by atoms with van der Waals surface area (Å²) in [7, 11) is 1.69. The van der Waals surface area contributed by atoms with Gasteiger partial charge in [-0.2, -0.15) is 0 Å². The molecule has 1 aliphatic carbocycles. The molecule has 1 amide bonds. The molecule has 0 bridgehead atoms. The Kier molecular flexibility index (Phi) is 4.74. The zero-order chi connectivity index (χ0) is 14.5. The van der Waals surface area contributed by atoms with Crippen molar-refractivity contribution in [3.63, 3.8) is 0 Å². The van der Waals surface area contributed by atoms with Crippen LogP contribution in [0.4, 0.5) is 0 Å². The summed E-state index contributed by atoms with van der Waals surface area (Å²) in [6.07, 6.45) is 2.49. The van der Waals surface area contributed by atoms with E-state index in [0.717, 1.165) is 6.61 Å². The number of carbonyl (C=O) groups excluding carboxylic acids is 1. The van der Waals surface area contributed by atoms with Crippen LogP contribution in [0.25, 0.3) is 0 Å². The lowest BCUT2D eigenvalue weighted by Crippen LogP contribution is -2.30. The van der Waals surface area contributed by atoms with Gasteiger partial charge in [0.1, 0.15) is 0 Å². The van der Waals surface area contributed by atoms with Gasteiger partial charge < -0.3 is 14.7 Å². The van der Waals surface area contributed by atoms with Gasteiger partial charge in [-0.1, -0.05) is 6.07 Å². The van der Waals surface area contributed by atoms with E-state index in [1.54, 1.807) is 24.1 Å². The fourth-order valence-electron chi connectivity index (χ4n) is 1.84. The first-order valence-electron chi connectivity index (χ1n) is 6.74. The van der Waals surface area contributed by atoms with E-state index in [9.17, 15) is 9.59 Å². The van der Waals surface area contributed by atoms with Crippen molar-refractivity contribution < 1.29 is 19.4 Å². The van der Waals surface area contributed by atoms with Crippen molar-refractivity contribution in [3.8, 4) is 0 Å². The van der Waals surface area contributed by atoms with Crippen molar-refractivity contribution in [2.75, 3.05) is 26.8 Å². The van der Waals surface area contributed by atoms with Crippen LogP contribution in [0.2, 0.25) is 0 Å². The predicted molar refractivity (Wildman–Crippen MR) is 73.9 cm³/mol. The Bertz CT molecular complexity index is 496. The molecular weight excluding hydrogens is 258 g/mol. The predicted octanol–water partition coefficient (Wildman–Crippen LogP) is 1.88. The van der Waals surface area contributed by atoms with Crippen molar-refractivity contribution in [1.29, 1.82) is 0 Å². The standard InChI is InChI=1S/C15H19NO4/c1-16(7-8-20-10-11-5-6-11)14(17)12-3-2-4-13(9-12)15(18)19/h2-4,9,11H,5-8,10H2,1H3,(H,18,19). The lowest BCUT2D eigenvalue weighted by Gasteiger charge is -2.17. The normalized spacial score (nSPS) is 14.1. The molecule has 0 saturated heterocycles. The molecule has 0 heterocycles. The minimum atomic E-state index is -1.03. The van der Waals surface area contributed by atoms with Crippen LogP contribution in [0.15, 0.2) is 24.3 Å². The van der Waals surface area contributed by atoms with E-state index >= 15 is 0 Å². The van der Waals surface area contributed by atoms with E-state index in [1.165, 1.54) is 25.0 Å². The van der Waals surface area contributed by atoms with Gasteiger partial charge in [-0.25, -0.2) is 4.79 Å². The Balaban J connectivity index is 1.84. The van der Waals surface area contributed by atoms with Gasteiger partial charge in [-0.3, -0.25) is 4.79 Å². The minimum absolute atomic E-state index is 0.120. The number of ether oxygens (including phenoxy) is 1. The maximum atomic E-state index is 12.1. The van der Waals surface area contributed by atoms with Gasteiger partial charge in [-0.05, 0) is 37.0 Å². The quantitative estimate of drug-likeness (QED) is 0.773. The number of amides is 1. The summed E-state index contributed by atoms with van der Waals surface area (Å²) in [6.45, 7) is 1.79. The van der Waals surface area contributed by atoms with Crippen LogP contribution in [0.5, 0.6) is 0 Å². The van der Waals surface area contributed by atoms with Gasteiger partial charge in [0.25, 0.3) is 5.91 Å². The number of likely N-dealkylation sites (N-methyl/N-ethyl adjacent to an activating group) is 1. The molecule has 1 fully saturated rings. The Morgan fingerprint density at radius 2 is 2.05 bits per heavy atom. The first-order valence-corrected chi connectivity index (χ1v) is 6.74. The van der Waals surface area contributed by atoms with E-state index < -0.39 is 5.97 Å². The second kappa shape index (κ2) is 6.52. The number of carboxylic acids is 1. The number of rotatable bonds is 7. The second-order valence-electron chi connectivity index (χ2n) is 5.13. The fourth-order valence-corrected chi connectivity index (χ4v) is 1.84. The average molecular weight is 277 g/mol. The number of nitrogens with zero attached hydrogens (tertiary/aromatic N) is 1. The van der Waals surface area contributed by atoms with Crippen LogP contribution in [0.3, 0.4) is 0 Å². The first-order chi connectivity index (χ1) is 9.58. The van der Waals surface area contributed by atoms with Crippen molar-refractivity contribution in [2.45, 2.75) is 12.8 Å². The number of hydrogen-bond donors (Lipinski definition) is 1. The topological polar surface area (TPSA) is 66.8 Å². The molecule has 1 aliphatic rings. The molecule has 0 aliphatic heterocycles. The van der Waals surface area contributed by atoms with Crippen molar-refractivity contribution in [3.05, 3.63) is 35.4 Å². The molecule has 1 saturated carbocycles. The lowest BCUT2D eigenvalue weighted by atomic mass is 10.1. The molecule has 0 unspecified atom stereocenters. The lowest BCUT2D eigenvalue weighted by molar-refractivity contribution is 0.0681. The van der Waals surface area contributed by atoms with Crippen LogP contribution >= 0.6 is 0 Å². The second-order valence-corrected chi connectivity index (χ2v) is 5.13. The van der Waals surface area contributed by atoms with Gasteiger partial charge in [-0.15, -0.1) is 0 Å². The van der Waals surface area contributed by atoms with E-state index in [0.29, 0.717) is 24.6 Å². The Hall–Kier alpha value is -1.88. The van der Waals surface area contributed by atoms with Gasteiger partial charge in [0.05, 0.1) is 12.2 Å². The summed E-state index contributed by atoms with van der Waals surface area (Å²) >= 11 is 0. The number of benzene rings is 1. The highest BCUT2D eigenvalue weighted by molar-refractivity contribution is 5.97. The molecule has 5 heteroatoms. The van der Waals surface area contributed by atoms with Gasteiger partial charge >= 0.3 is 5.97 Å². The maximum Gasteiger partial charge on any atom is 0.335 e. The number of carbonyl (C=O) groups is 2. The summed E-state index contributed by atoms with van der Waals surface area (Å²) in [5.41, 5.74) is 0.504. The van der Waals surface area contributed by atoms with E-state index in [4.69, 9.17) is 9.84 Å². The molecule has 0 atom stereocenters. The summed E-state index contributed by atoms with van der Waals surface area (Å²) in [5.74, 6) is -0.513. The molecule has 108 valence electrons.